The fourth-order valence-electron chi connectivity index (χ4n) is 1.97. The Hall–Kier alpha value is -1.60. The Kier molecular flexibility index (Phi) is 5.08. The number of benzene rings is 1. The van der Waals surface area contributed by atoms with Crippen molar-refractivity contribution in [2.45, 2.75) is 32.4 Å². The Morgan fingerprint density at radius 2 is 2.18 bits per heavy atom. The molecule has 0 spiro atoms. The number of carbonyl (C=O) groups excluding carboxylic acids is 1. The summed E-state index contributed by atoms with van der Waals surface area (Å²) >= 11 is 3.41. The van der Waals surface area contributed by atoms with Crippen LogP contribution in [0.2, 0.25) is 0 Å². The van der Waals surface area contributed by atoms with Crippen LogP contribution in [0, 0.1) is 0 Å². The zero-order chi connectivity index (χ0) is 16.3. The Labute approximate surface area is 137 Å². The number of rotatable bonds is 4. The number of imidazole rings is 1. The van der Waals surface area contributed by atoms with Gasteiger partial charge in [-0.05, 0) is 39.0 Å². The number of halogens is 1. The van der Waals surface area contributed by atoms with Crippen LogP contribution in [0.15, 0.2) is 22.7 Å². The van der Waals surface area contributed by atoms with Crippen molar-refractivity contribution in [1.29, 1.82) is 0 Å². The van der Waals surface area contributed by atoms with E-state index in [4.69, 9.17) is 9.47 Å². The number of alkyl carbamates (subject to hydrolysis) is 1. The number of aromatic nitrogens is 2. The maximum atomic E-state index is 11.9. The lowest BCUT2D eigenvalue weighted by molar-refractivity contribution is 0.0464. The van der Waals surface area contributed by atoms with Gasteiger partial charge in [0.25, 0.3) is 0 Å². The summed E-state index contributed by atoms with van der Waals surface area (Å²) in [7, 11) is 1.57. The Morgan fingerprint density at radius 3 is 2.82 bits per heavy atom. The zero-order valence-electron chi connectivity index (χ0n) is 13.1. The van der Waals surface area contributed by atoms with Crippen molar-refractivity contribution in [1.82, 2.24) is 15.3 Å². The van der Waals surface area contributed by atoms with Gasteiger partial charge in [0.05, 0.1) is 17.6 Å². The van der Waals surface area contributed by atoms with Crippen molar-refractivity contribution >= 4 is 33.1 Å². The molecule has 1 unspecified atom stereocenters. The van der Waals surface area contributed by atoms with Crippen molar-refractivity contribution in [3.8, 4) is 0 Å². The number of nitrogens with zero attached hydrogens (tertiary/aromatic N) is 1. The minimum atomic E-state index is -0.555. The molecule has 22 heavy (non-hydrogen) atoms. The molecule has 2 N–H and O–H groups in total. The molecule has 6 nitrogen and oxygen atoms in total. The molecular formula is C15H20BrN3O3. The first-order chi connectivity index (χ1) is 10.3. The second-order valence-corrected chi connectivity index (χ2v) is 6.85. The summed E-state index contributed by atoms with van der Waals surface area (Å²) in [6.45, 7) is 5.74. The normalized spacial score (nSPS) is 13.1. The standard InChI is InChI=1S/C15H20BrN3O3/c1-15(2,3)22-14(20)19-12(8-21-4)13-17-10-6-5-9(16)7-11(10)18-13/h5-7,12H,8H2,1-4H3,(H,17,18)(H,19,20). The lowest BCUT2D eigenvalue weighted by Gasteiger charge is -2.22. The van der Waals surface area contributed by atoms with Gasteiger partial charge in [0.2, 0.25) is 0 Å². The quantitative estimate of drug-likeness (QED) is 0.863. The first-order valence-electron chi connectivity index (χ1n) is 6.92. The molecule has 0 saturated heterocycles. The van der Waals surface area contributed by atoms with Crippen molar-refractivity contribution < 1.29 is 14.3 Å². The molecule has 1 heterocycles. The number of H-pyrrole nitrogens is 1. The number of hydrogen-bond donors (Lipinski definition) is 2. The number of amides is 1. The van der Waals surface area contributed by atoms with Gasteiger partial charge in [0, 0.05) is 11.6 Å². The summed E-state index contributed by atoms with van der Waals surface area (Å²) in [5.74, 6) is 0.626. The van der Waals surface area contributed by atoms with E-state index in [2.05, 4.69) is 31.2 Å². The molecule has 1 aromatic heterocycles. The number of methoxy groups -OCH3 is 1. The SMILES string of the molecule is COCC(NC(=O)OC(C)(C)C)c1nc2cc(Br)ccc2[nH]1. The van der Waals surface area contributed by atoms with Crippen LogP contribution >= 0.6 is 15.9 Å². The van der Waals surface area contributed by atoms with E-state index in [0.29, 0.717) is 12.4 Å². The Morgan fingerprint density at radius 1 is 1.45 bits per heavy atom. The van der Waals surface area contributed by atoms with Crippen LogP contribution in [0.4, 0.5) is 4.79 Å². The molecule has 2 aromatic rings. The molecule has 0 fully saturated rings. The lowest BCUT2D eigenvalue weighted by Crippen LogP contribution is -2.37. The van der Waals surface area contributed by atoms with Crippen LogP contribution in [-0.4, -0.2) is 35.4 Å². The Balaban J connectivity index is 2.20. The van der Waals surface area contributed by atoms with Gasteiger partial charge in [-0.25, -0.2) is 9.78 Å². The van der Waals surface area contributed by atoms with Crippen molar-refractivity contribution in [2.75, 3.05) is 13.7 Å². The molecule has 0 aliphatic carbocycles. The smallest absolute Gasteiger partial charge is 0.408 e. The van der Waals surface area contributed by atoms with E-state index in [1.165, 1.54) is 0 Å². The van der Waals surface area contributed by atoms with E-state index in [-0.39, 0.29) is 0 Å². The second-order valence-electron chi connectivity index (χ2n) is 5.94. The number of nitrogens with one attached hydrogen (secondary N) is 2. The third-order valence-electron chi connectivity index (χ3n) is 2.82. The maximum absolute atomic E-state index is 11.9. The summed E-state index contributed by atoms with van der Waals surface area (Å²) in [6.07, 6.45) is -0.504. The van der Waals surface area contributed by atoms with E-state index >= 15 is 0 Å². The molecule has 1 amide bonds. The van der Waals surface area contributed by atoms with Crippen molar-refractivity contribution in [2.24, 2.45) is 0 Å². The Bertz CT molecular complexity index is 664. The molecule has 0 radical (unpaired) electrons. The third-order valence-corrected chi connectivity index (χ3v) is 3.31. The minimum Gasteiger partial charge on any atom is -0.444 e. The van der Waals surface area contributed by atoms with Crippen LogP contribution < -0.4 is 5.32 Å². The first-order valence-corrected chi connectivity index (χ1v) is 7.71. The van der Waals surface area contributed by atoms with Crippen LogP contribution in [0.5, 0.6) is 0 Å². The predicted octanol–water partition coefficient (Wildman–Crippen LogP) is 3.54. The number of fused-ring (bicyclic) bond motifs is 1. The van der Waals surface area contributed by atoms with E-state index < -0.39 is 17.7 Å². The van der Waals surface area contributed by atoms with Crippen LogP contribution in [0.25, 0.3) is 11.0 Å². The van der Waals surface area contributed by atoms with Crippen LogP contribution in [0.3, 0.4) is 0 Å². The number of ether oxygens (including phenoxy) is 2. The number of carbonyl (C=O) groups is 1. The van der Waals surface area contributed by atoms with Crippen LogP contribution in [0.1, 0.15) is 32.6 Å². The van der Waals surface area contributed by atoms with Gasteiger partial charge >= 0.3 is 6.09 Å². The lowest BCUT2D eigenvalue weighted by atomic mass is 10.2. The molecule has 1 atom stereocenters. The topological polar surface area (TPSA) is 76.2 Å². The molecular weight excluding hydrogens is 350 g/mol. The summed E-state index contributed by atoms with van der Waals surface area (Å²) in [6, 6.07) is 5.35. The predicted molar refractivity (Wildman–Crippen MR) is 87.8 cm³/mol. The molecule has 0 bridgehead atoms. The van der Waals surface area contributed by atoms with Gasteiger partial charge in [-0.3, -0.25) is 0 Å². The highest BCUT2D eigenvalue weighted by Crippen LogP contribution is 2.21. The largest absolute Gasteiger partial charge is 0.444 e. The fraction of sp³-hybridized carbons (Fsp3) is 0.467. The maximum Gasteiger partial charge on any atom is 0.408 e. The van der Waals surface area contributed by atoms with E-state index in [9.17, 15) is 4.79 Å². The van der Waals surface area contributed by atoms with Gasteiger partial charge in [0.1, 0.15) is 17.5 Å². The summed E-state index contributed by atoms with van der Waals surface area (Å²) in [4.78, 5) is 19.6. The first kappa shape index (κ1) is 16.8. The zero-order valence-corrected chi connectivity index (χ0v) is 14.7. The highest BCUT2D eigenvalue weighted by molar-refractivity contribution is 9.10. The van der Waals surface area contributed by atoms with Crippen molar-refractivity contribution in [3.63, 3.8) is 0 Å². The third kappa shape index (κ3) is 4.45. The van der Waals surface area contributed by atoms with Crippen LogP contribution in [-0.2, 0) is 9.47 Å². The van der Waals surface area contributed by atoms with E-state index in [1.807, 2.05) is 39.0 Å². The molecule has 7 heteroatoms. The summed E-state index contributed by atoms with van der Waals surface area (Å²) in [5, 5.41) is 2.77. The van der Waals surface area contributed by atoms with Crippen molar-refractivity contribution in [3.05, 3.63) is 28.5 Å². The van der Waals surface area contributed by atoms with Gasteiger partial charge in [-0.2, -0.15) is 0 Å². The summed E-state index contributed by atoms with van der Waals surface area (Å²) in [5.41, 5.74) is 1.15. The molecule has 120 valence electrons. The second kappa shape index (κ2) is 6.66. The molecule has 0 aliphatic rings. The number of aromatic amines is 1. The molecule has 1 aromatic carbocycles. The average molecular weight is 370 g/mol. The highest BCUT2D eigenvalue weighted by Gasteiger charge is 2.22. The fourth-order valence-corrected chi connectivity index (χ4v) is 2.32. The summed E-state index contributed by atoms with van der Waals surface area (Å²) < 4.78 is 11.4. The van der Waals surface area contributed by atoms with Gasteiger partial charge < -0.3 is 19.8 Å². The number of hydrogen-bond acceptors (Lipinski definition) is 4. The highest BCUT2D eigenvalue weighted by atomic mass is 79.9. The average Bonchev–Trinajstić information content (AvgIpc) is 2.78. The minimum absolute atomic E-state index is 0.292. The molecule has 2 rings (SSSR count). The van der Waals surface area contributed by atoms with E-state index in [0.717, 1.165) is 15.5 Å². The van der Waals surface area contributed by atoms with Gasteiger partial charge in [-0.1, -0.05) is 15.9 Å². The van der Waals surface area contributed by atoms with Gasteiger partial charge in [0.15, 0.2) is 0 Å². The molecule has 0 saturated carbocycles. The monoisotopic (exact) mass is 369 g/mol. The van der Waals surface area contributed by atoms with Gasteiger partial charge in [-0.15, -0.1) is 0 Å². The van der Waals surface area contributed by atoms with E-state index in [1.54, 1.807) is 7.11 Å². The molecule has 0 aliphatic heterocycles.